The van der Waals surface area contributed by atoms with Crippen LogP contribution in [-0.2, 0) is 14.3 Å². The van der Waals surface area contributed by atoms with Crippen molar-refractivity contribution < 1.29 is 23.6 Å². The van der Waals surface area contributed by atoms with Crippen LogP contribution in [0.15, 0.2) is 77.4 Å². The molecule has 1 N–H and O–H groups in total. The van der Waals surface area contributed by atoms with Gasteiger partial charge >= 0.3 is 12.1 Å². The van der Waals surface area contributed by atoms with Crippen molar-refractivity contribution in [3.8, 4) is 22.6 Å². The van der Waals surface area contributed by atoms with Gasteiger partial charge in [0, 0.05) is 17.3 Å². The van der Waals surface area contributed by atoms with E-state index in [2.05, 4.69) is 15.5 Å². The third kappa shape index (κ3) is 6.08. The molecule has 8 heteroatoms. The number of esters is 1. The highest BCUT2D eigenvalue weighted by Gasteiger charge is 2.21. The van der Waals surface area contributed by atoms with Gasteiger partial charge in [-0.1, -0.05) is 66.7 Å². The van der Waals surface area contributed by atoms with E-state index in [4.69, 9.17) is 14.0 Å². The molecule has 8 nitrogen and oxygen atoms in total. The molecule has 0 radical (unpaired) electrons. The monoisotopic (exact) mass is 513 g/mol. The maximum absolute atomic E-state index is 12.6. The lowest BCUT2D eigenvalue weighted by Gasteiger charge is -2.14. The average Bonchev–Trinajstić information content (AvgIpc) is 3.29. The van der Waals surface area contributed by atoms with E-state index in [1.54, 1.807) is 20.0 Å². The summed E-state index contributed by atoms with van der Waals surface area (Å²) in [6.45, 7) is 7.69. The zero-order chi connectivity index (χ0) is 27.1. The molecular formula is C30H31N3O5. The summed E-state index contributed by atoms with van der Waals surface area (Å²) in [6.07, 6.45) is 1.31. The van der Waals surface area contributed by atoms with E-state index in [0.717, 1.165) is 22.4 Å². The maximum Gasteiger partial charge on any atom is 0.412 e. The van der Waals surface area contributed by atoms with Crippen molar-refractivity contribution in [2.45, 2.75) is 46.1 Å². The quantitative estimate of drug-likeness (QED) is 0.239. The fraction of sp³-hybridized carbons (Fsp3) is 0.267. The Hall–Kier alpha value is -4.46. The first-order chi connectivity index (χ1) is 18.4. The van der Waals surface area contributed by atoms with Crippen LogP contribution in [0, 0.1) is 6.92 Å². The van der Waals surface area contributed by atoms with Crippen LogP contribution in [0.4, 0.5) is 10.5 Å². The number of nitrogens with zero attached hydrogens (tertiary/aromatic N) is 2. The number of anilines is 1. The number of hydrogen-bond acceptors (Lipinski definition) is 7. The molecule has 0 bridgehead atoms. The second-order valence-corrected chi connectivity index (χ2v) is 8.82. The van der Waals surface area contributed by atoms with Crippen molar-refractivity contribution in [2.24, 2.45) is 0 Å². The largest absolute Gasteiger partial charge is 0.466 e. The molecule has 2 aromatic heterocycles. The zero-order valence-corrected chi connectivity index (χ0v) is 21.9. The lowest BCUT2D eigenvalue weighted by molar-refractivity contribution is -0.145. The summed E-state index contributed by atoms with van der Waals surface area (Å²) in [4.78, 5) is 29.4. The summed E-state index contributed by atoms with van der Waals surface area (Å²) in [5.41, 5.74) is 5.08. The Labute approximate surface area is 222 Å². The van der Waals surface area contributed by atoms with Crippen molar-refractivity contribution in [1.82, 2.24) is 10.1 Å². The van der Waals surface area contributed by atoms with E-state index in [9.17, 15) is 9.59 Å². The predicted octanol–water partition coefficient (Wildman–Crippen LogP) is 7.08. The van der Waals surface area contributed by atoms with Crippen molar-refractivity contribution in [3.63, 3.8) is 0 Å². The van der Waals surface area contributed by atoms with Gasteiger partial charge in [0.15, 0.2) is 5.76 Å². The molecule has 0 aliphatic heterocycles. The number of aryl methyl sites for hydroxylation is 1. The van der Waals surface area contributed by atoms with E-state index in [0.29, 0.717) is 35.7 Å². The Morgan fingerprint density at radius 1 is 0.947 bits per heavy atom. The van der Waals surface area contributed by atoms with Crippen molar-refractivity contribution in [1.29, 1.82) is 0 Å². The highest BCUT2D eigenvalue weighted by Crippen LogP contribution is 2.32. The van der Waals surface area contributed by atoms with Crippen LogP contribution in [0.5, 0.6) is 0 Å². The summed E-state index contributed by atoms with van der Waals surface area (Å²) >= 11 is 0. The maximum atomic E-state index is 12.6. The van der Waals surface area contributed by atoms with E-state index in [-0.39, 0.29) is 11.9 Å². The Morgan fingerprint density at radius 2 is 1.66 bits per heavy atom. The molecule has 2 heterocycles. The van der Waals surface area contributed by atoms with Gasteiger partial charge in [0.25, 0.3) is 0 Å². The Morgan fingerprint density at radius 3 is 2.29 bits per heavy atom. The Balaban J connectivity index is 1.47. The fourth-order valence-corrected chi connectivity index (χ4v) is 4.16. The normalized spacial score (nSPS) is 12.4. The van der Waals surface area contributed by atoms with Crippen LogP contribution in [0.3, 0.4) is 0 Å². The number of rotatable bonds is 9. The number of nitrogens with one attached hydrogen (secondary N) is 1. The number of amides is 1. The number of pyridine rings is 1. The zero-order valence-electron chi connectivity index (χ0n) is 21.9. The Bertz CT molecular complexity index is 1370. The number of carbonyl (C=O) groups excluding carboxylic acids is 2. The molecule has 1 unspecified atom stereocenters. The van der Waals surface area contributed by atoms with Gasteiger partial charge in [-0.15, -0.1) is 0 Å². The average molecular weight is 514 g/mol. The SMILES string of the molecule is CCOC(=O)C(CC)c1ccc(-c2ccc(-c3onc(C)c3NC(=O)O[C@H](C)c3ccccc3)cn2)cc1. The molecule has 2 aromatic carbocycles. The lowest BCUT2D eigenvalue weighted by atomic mass is 9.95. The number of ether oxygens (including phenoxy) is 2. The second kappa shape index (κ2) is 12.2. The van der Waals surface area contributed by atoms with Gasteiger partial charge in [0.2, 0.25) is 0 Å². The molecule has 1 amide bonds. The van der Waals surface area contributed by atoms with Gasteiger partial charge in [-0.25, -0.2) is 4.79 Å². The lowest BCUT2D eigenvalue weighted by Crippen LogP contribution is -2.16. The summed E-state index contributed by atoms with van der Waals surface area (Å²) < 4.78 is 16.2. The van der Waals surface area contributed by atoms with Gasteiger partial charge in [0.05, 0.1) is 18.2 Å². The molecule has 4 rings (SSSR count). The van der Waals surface area contributed by atoms with Gasteiger partial charge in [-0.05, 0) is 50.5 Å². The summed E-state index contributed by atoms with van der Waals surface area (Å²) in [5, 5.41) is 6.78. The minimum Gasteiger partial charge on any atom is -0.466 e. The number of benzene rings is 2. The van der Waals surface area contributed by atoms with Gasteiger partial charge in [-0.3, -0.25) is 15.1 Å². The second-order valence-electron chi connectivity index (χ2n) is 8.82. The summed E-state index contributed by atoms with van der Waals surface area (Å²) in [6, 6.07) is 21.0. The van der Waals surface area contributed by atoms with E-state index >= 15 is 0 Å². The first-order valence-corrected chi connectivity index (χ1v) is 12.6. The molecule has 0 saturated heterocycles. The van der Waals surface area contributed by atoms with E-state index in [1.165, 1.54) is 0 Å². The van der Waals surface area contributed by atoms with E-state index in [1.807, 2.05) is 80.6 Å². The van der Waals surface area contributed by atoms with Gasteiger partial charge < -0.3 is 14.0 Å². The van der Waals surface area contributed by atoms with E-state index < -0.39 is 12.2 Å². The summed E-state index contributed by atoms with van der Waals surface area (Å²) in [5.74, 6) is -0.112. The fourth-order valence-electron chi connectivity index (χ4n) is 4.16. The molecular weight excluding hydrogens is 482 g/mol. The molecule has 0 aliphatic rings. The van der Waals surface area contributed by atoms with Crippen LogP contribution >= 0.6 is 0 Å². The minimum atomic E-state index is -0.605. The van der Waals surface area contributed by atoms with Crippen molar-refractivity contribution >= 4 is 17.7 Å². The van der Waals surface area contributed by atoms with Crippen LogP contribution in [-0.4, -0.2) is 28.8 Å². The van der Waals surface area contributed by atoms with Gasteiger partial charge in [0.1, 0.15) is 17.5 Å². The number of carbonyl (C=O) groups is 2. The Kier molecular flexibility index (Phi) is 8.53. The smallest absolute Gasteiger partial charge is 0.412 e. The molecule has 0 aliphatic carbocycles. The van der Waals surface area contributed by atoms with Crippen LogP contribution in [0.1, 0.15) is 56.0 Å². The highest BCUT2D eigenvalue weighted by molar-refractivity contribution is 5.90. The van der Waals surface area contributed by atoms with Crippen LogP contribution in [0.25, 0.3) is 22.6 Å². The van der Waals surface area contributed by atoms with Crippen LogP contribution < -0.4 is 5.32 Å². The highest BCUT2D eigenvalue weighted by atomic mass is 16.6. The third-order valence-electron chi connectivity index (χ3n) is 6.26. The predicted molar refractivity (Wildman–Crippen MR) is 145 cm³/mol. The first-order valence-electron chi connectivity index (χ1n) is 12.6. The topological polar surface area (TPSA) is 104 Å². The molecule has 0 saturated carbocycles. The molecule has 4 aromatic rings. The molecule has 2 atom stereocenters. The summed E-state index contributed by atoms with van der Waals surface area (Å²) in [7, 11) is 0. The molecule has 0 fully saturated rings. The standard InChI is InChI=1S/C30H31N3O5/c1-5-25(29(34)36-6-2)22-12-14-23(15-13-22)26-17-16-24(18-31-26)28-27(19(3)33-38-28)32-30(35)37-20(4)21-10-8-7-9-11-21/h7-18,20,25H,5-6H2,1-4H3,(H,32,35)/t20-,25?/m1/s1. The van der Waals surface area contributed by atoms with Gasteiger partial charge in [-0.2, -0.15) is 0 Å². The molecule has 38 heavy (non-hydrogen) atoms. The van der Waals surface area contributed by atoms with Crippen molar-refractivity contribution in [3.05, 3.63) is 89.7 Å². The third-order valence-corrected chi connectivity index (χ3v) is 6.26. The number of hydrogen-bond donors (Lipinski definition) is 1. The van der Waals surface area contributed by atoms with Crippen LogP contribution in [0.2, 0.25) is 0 Å². The molecule has 196 valence electrons. The first kappa shape index (κ1) is 26.6. The minimum absolute atomic E-state index is 0.213. The number of aromatic nitrogens is 2. The molecule has 0 spiro atoms. The van der Waals surface area contributed by atoms with Crippen molar-refractivity contribution in [2.75, 3.05) is 11.9 Å².